The van der Waals surface area contributed by atoms with Gasteiger partial charge in [-0.1, -0.05) is 25.6 Å². The van der Waals surface area contributed by atoms with E-state index < -0.39 is 0 Å². The summed E-state index contributed by atoms with van der Waals surface area (Å²) in [4.78, 5) is 17.1. The fraction of sp³-hybridized carbons (Fsp3) is 0.250. The van der Waals surface area contributed by atoms with Crippen LogP contribution in [0.15, 0.2) is 49.1 Å². The maximum absolute atomic E-state index is 11.9. The van der Waals surface area contributed by atoms with Gasteiger partial charge in [-0.3, -0.25) is 4.79 Å². The third-order valence-electron chi connectivity index (χ3n) is 5.08. The lowest BCUT2D eigenvalue weighted by Crippen LogP contribution is -2.26. The highest BCUT2D eigenvalue weighted by atomic mass is 16.3. The third kappa shape index (κ3) is 2.73. The van der Waals surface area contributed by atoms with E-state index in [9.17, 15) is 9.90 Å². The molecule has 6 nitrogen and oxygen atoms in total. The second-order valence-corrected chi connectivity index (χ2v) is 6.81. The zero-order valence-corrected chi connectivity index (χ0v) is 14.5. The minimum atomic E-state index is -0.0305. The van der Waals surface area contributed by atoms with Gasteiger partial charge < -0.3 is 15.0 Å². The van der Waals surface area contributed by atoms with Crippen LogP contribution >= 0.6 is 0 Å². The number of para-hydroxylation sites is 1. The Kier molecular flexibility index (Phi) is 3.95. The standard InChI is InChI=1S/C20H20N4O2/c1-3-19(26)24-10-12(2)15(11-24)16-8-13-9-17(22-23-20(13)21-16)14-6-4-5-7-18(14)25/h3-9,12,15,25H,1,10-11H2,2H3,(H,21,23)/t12-,15?/m1/s1. The van der Waals surface area contributed by atoms with Crippen molar-refractivity contribution < 1.29 is 9.90 Å². The molecule has 3 heterocycles. The number of phenols is 1. The maximum atomic E-state index is 11.9. The van der Waals surface area contributed by atoms with Crippen LogP contribution in [-0.4, -0.2) is 44.2 Å². The van der Waals surface area contributed by atoms with Gasteiger partial charge in [0.05, 0.1) is 5.69 Å². The normalized spacial score (nSPS) is 19.8. The number of phenolic OH excluding ortho intramolecular Hbond substituents is 1. The number of rotatable bonds is 3. The van der Waals surface area contributed by atoms with Crippen LogP contribution in [0, 0.1) is 5.92 Å². The molecule has 0 bridgehead atoms. The molecular formula is C20H20N4O2. The predicted octanol–water partition coefficient (Wildman–Crippen LogP) is 3.08. The molecule has 3 aromatic rings. The van der Waals surface area contributed by atoms with Crippen molar-refractivity contribution in [3.8, 4) is 17.0 Å². The molecular weight excluding hydrogens is 328 g/mol. The predicted molar refractivity (Wildman–Crippen MR) is 99.7 cm³/mol. The van der Waals surface area contributed by atoms with Gasteiger partial charge in [0.2, 0.25) is 5.91 Å². The summed E-state index contributed by atoms with van der Waals surface area (Å²) in [6, 6.07) is 11.1. The highest BCUT2D eigenvalue weighted by Crippen LogP contribution is 2.34. The summed E-state index contributed by atoms with van der Waals surface area (Å²) in [5, 5.41) is 19.5. The summed E-state index contributed by atoms with van der Waals surface area (Å²) in [7, 11) is 0. The first-order chi connectivity index (χ1) is 12.6. The molecule has 1 unspecified atom stereocenters. The average molecular weight is 348 g/mol. The van der Waals surface area contributed by atoms with Crippen molar-refractivity contribution in [3.63, 3.8) is 0 Å². The Bertz CT molecular complexity index is 994. The van der Waals surface area contributed by atoms with Gasteiger partial charge in [0.25, 0.3) is 0 Å². The number of nitrogens with one attached hydrogen (secondary N) is 1. The van der Waals surface area contributed by atoms with Crippen LogP contribution in [0.5, 0.6) is 5.75 Å². The number of carbonyl (C=O) groups excluding carboxylic acids is 1. The van der Waals surface area contributed by atoms with E-state index in [0.29, 0.717) is 29.4 Å². The number of likely N-dealkylation sites (tertiary alicyclic amines) is 1. The SMILES string of the molecule is C=CC(=O)N1CC(c2cc3cc(-c4ccccc4O)nnc3[nH]2)[C@H](C)C1. The van der Waals surface area contributed by atoms with Crippen molar-refractivity contribution in [2.45, 2.75) is 12.8 Å². The topological polar surface area (TPSA) is 82.1 Å². The van der Waals surface area contributed by atoms with Crippen LogP contribution < -0.4 is 0 Å². The zero-order chi connectivity index (χ0) is 18.3. The lowest BCUT2D eigenvalue weighted by atomic mass is 9.95. The minimum Gasteiger partial charge on any atom is -0.507 e. The van der Waals surface area contributed by atoms with E-state index >= 15 is 0 Å². The van der Waals surface area contributed by atoms with Gasteiger partial charge in [-0.15, -0.1) is 10.2 Å². The average Bonchev–Trinajstić information content (AvgIpc) is 3.24. The molecule has 1 aliphatic rings. The molecule has 4 rings (SSSR count). The van der Waals surface area contributed by atoms with Crippen LogP contribution in [0.4, 0.5) is 0 Å². The van der Waals surface area contributed by atoms with Crippen LogP contribution in [0.3, 0.4) is 0 Å². The lowest BCUT2D eigenvalue weighted by molar-refractivity contribution is -0.125. The number of aromatic hydroxyl groups is 1. The third-order valence-corrected chi connectivity index (χ3v) is 5.08. The van der Waals surface area contributed by atoms with Gasteiger partial charge in [-0.25, -0.2) is 0 Å². The quantitative estimate of drug-likeness (QED) is 0.713. The van der Waals surface area contributed by atoms with Crippen LogP contribution in [0.2, 0.25) is 0 Å². The van der Waals surface area contributed by atoms with Crippen molar-refractivity contribution in [1.82, 2.24) is 20.1 Å². The Hall–Kier alpha value is -3.15. The molecule has 2 N–H and O–H groups in total. The number of aromatic amines is 1. The number of nitrogens with zero attached hydrogens (tertiary/aromatic N) is 3. The largest absolute Gasteiger partial charge is 0.507 e. The summed E-state index contributed by atoms with van der Waals surface area (Å²) in [6.45, 7) is 7.10. The summed E-state index contributed by atoms with van der Waals surface area (Å²) >= 11 is 0. The molecule has 1 aromatic carbocycles. The number of fused-ring (bicyclic) bond motifs is 1. The molecule has 6 heteroatoms. The molecule has 0 saturated carbocycles. The van der Waals surface area contributed by atoms with Gasteiger partial charge in [-0.05, 0) is 36.3 Å². The van der Waals surface area contributed by atoms with E-state index in [0.717, 1.165) is 17.6 Å². The van der Waals surface area contributed by atoms with E-state index in [1.54, 1.807) is 12.1 Å². The highest BCUT2D eigenvalue weighted by molar-refractivity contribution is 5.87. The summed E-state index contributed by atoms with van der Waals surface area (Å²) < 4.78 is 0. The van der Waals surface area contributed by atoms with Gasteiger partial charge in [0, 0.05) is 35.7 Å². The van der Waals surface area contributed by atoms with Gasteiger partial charge in [-0.2, -0.15) is 0 Å². The van der Waals surface area contributed by atoms with E-state index in [-0.39, 0.29) is 17.6 Å². The van der Waals surface area contributed by atoms with E-state index in [2.05, 4.69) is 34.8 Å². The molecule has 1 saturated heterocycles. The van der Waals surface area contributed by atoms with E-state index in [1.165, 1.54) is 6.08 Å². The Morgan fingerprint density at radius 1 is 1.31 bits per heavy atom. The number of carbonyl (C=O) groups is 1. The number of aromatic nitrogens is 3. The smallest absolute Gasteiger partial charge is 0.245 e. The van der Waals surface area contributed by atoms with Crippen LogP contribution in [0.1, 0.15) is 18.5 Å². The highest BCUT2D eigenvalue weighted by Gasteiger charge is 2.33. The Morgan fingerprint density at radius 2 is 2.12 bits per heavy atom. The number of amides is 1. The maximum Gasteiger partial charge on any atom is 0.245 e. The molecule has 2 aromatic heterocycles. The Morgan fingerprint density at radius 3 is 2.88 bits per heavy atom. The molecule has 0 radical (unpaired) electrons. The first-order valence-corrected chi connectivity index (χ1v) is 8.63. The molecule has 0 spiro atoms. The van der Waals surface area contributed by atoms with Crippen molar-refractivity contribution in [2.75, 3.05) is 13.1 Å². The molecule has 2 atom stereocenters. The monoisotopic (exact) mass is 348 g/mol. The second-order valence-electron chi connectivity index (χ2n) is 6.81. The van der Waals surface area contributed by atoms with Gasteiger partial charge in [0.1, 0.15) is 5.75 Å². The van der Waals surface area contributed by atoms with Gasteiger partial charge >= 0.3 is 0 Å². The first kappa shape index (κ1) is 16.3. The molecule has 1 fully saturated rings. The van der Waals surface area contributed by atoms with Crippen molar-refractivity contribution in [3.05, 3.63) is 54.7 Å². The number of benzene rings is 1. The Labute approximate surface area is 151 Å². The first-order valence-electron chi connectivity index (χ1n) is 8.63. The van der Waals surface area contributed by atoms with Crippen LogP contribution in [-0.2, 0) is 4.79 Å². The molecule has 1 amide bonds. The van der Waals surface area contributed by atoms with Gasteiger partial charge in [0.15, 0.2) is 5.65 Å². The fourth-order valence-corrected chi connectivity index (χ4v) is 3.66. The minimum absolute atomic E-state index is 0.0305. The number of hydrogen-bond donors (Lipinski definition) is 2. The lowest BCUT2D eigenvalue weighted by Gasteiger charge is -2.13. The van der Waals surface area contributed by atoms with Crippen LogP contribution in [0.25, 0.3) is 22.3 Å². The molecule has 132 valence electrons. The van der Waals surface area contributed by atoms with Crippen molar-refractivity contribution in [2.24, 2.45) is 5.92 Å². The zero-order valence-electron chi connectivity index (χ0n) is 14.5. The van der Waals surface area contributed by atoms with E-state index in [4.69, 9.17) is 0 Å². The van der Waals surface area contributed by atoms with Crippen molar-refractivity contribution >= 4 is 16.9 Å². The molecule has 0 aliphatic carbocycles. The summed E-state index contributed by atoms with van der Waals surface area (Å²) in [5.41, 5.74) is 3.04. The second kappa shape index (κ2) is 6.29. The number of H-pyrrole nitrogens is 1. The Balaban J connectivity index is 1.67. The molecule has 1 aliphatic heterocycles. The molecule has 26 heavy (non-hydrogen) atoms. The van der Waals surface area contributed by atoms with Crippen molar-refractivity contribution in [1.29, 1.82) is 0 Å². The summed E-state index contributed by atoms with van der Waals surface area (Å²) in [5.74, 6) is 0.719. The van der Waals surface area contributed by atoms with E-state index in [1.807, 2.05) is 23.1 Å². The fourth-order valence-electron chi connectivity index (χ4n) is 3.66. The summed E-state index contributed by atoms with van der Waals surface area (Å²) in [6.07, 6.45) is 1.37. The number of hydrogen-bond acceptors (Lipinski definition) is 4.